The lowest BCUT2D eigenvalue weighted by atomic mass is 10.2. The second kappa shape index (κ2) is 6.62. The van der Waals surface area contributed by atoms with Crippen LogP contribution < -0.4 is 0 Å². The number of fused-ring (bicyclic) bond motifs is 1. The third-order valence-electron chi connectivity index (χ3n) is 3.27. The summed E-state index contributed by atoms with van der Waals surface area (Å²) in [7, 11) is 1.76. The van der Waals surface area contributed by atoms with Crippen LogP contribution in [0, 0.1) is 0 Å². The second-order valence-electron chi connectivity index (χ2n) is 4.85. The van der Waals surface area contributed by atoms with E-state index >= 15 is 0 Å². The molecule has 3 rings (SSSR count). The molecule has 0 aliphatic rings. The molecular weight excluding hydrogens is 298 g/mol. The summed E-state index contributed by atoms with van der Waals surface area (Å²) in [5.74, 6) is 1.11. The molecule has 6 heteroatoms. The summed E-state index contributed by atoms with van der Waals surface area (Å²) >= 11 is 1.40. The molecule has 0 saturated heterocycles. The van der Waals surface area contributed by atoms with E-state index in [0.717, 1.165) is 21.6 Å². The zero-order chi connectivity index (χ0) is 15.4. The monoisotopic (exact) mass is 313 g/mol. The molecule has 0 saturated carbocycles. The van der Waals surface area contributed by atoms with Crippen molar-refractivity contribution in [3.63, 3.8) is 0 Å². The first-order chi connectivity index (χ1) is 10.7. The van der Waals surface area contributed by atoms with Gasteiger partial charge in [-0.05, 0) is 12.1 Å². The predicted molar refractivity (Wildman–Crippen MR) is 85.4 cm³/mol. The number of carbonyl (C=O) groups is 1. The van der Waals surface area contributed by atoms with Gasteiger partial charge in [0.1, 0.15) is 10.8 Å². The maximum absolute atomic E-state index is 12.2. The minimum atomic E-state index is 0.0242. The summed E-state index contributed by atoms with van der Waals surface area (Å²) in [5.41, 5.74) is 0. The molecule has 22 heavy (non-hydrogen) atoms. The van der Waals surface area contributed by atoms with Crippen molar-refractivity contribution < 1.29 is 9.21 Å². The zero-order valence-corrected chi connectivity index (χ0v) is 12.9. The van der Waals surface area contributed by atoms with Crippen LogP contribution in [0.15, 0.2) is 58.3 Å². The molecule has 0 bridgehead atoms. The van der Waals surface area contributed by atoms with Gasteiger partial charge < -0.3 is 9.32 Å². The van der Waals surface area contributed by atoms with Crippen LogP contribution in [0.3, 0.4) is 0 Å². The van der Waals surface area contributed by atoms with Crippen LogP contribution in [-0.4, -0.2) is 33.8 Å². The molecule has 0 N–H and O–H groups in total. The molecule has 0 atom stereocenters. The van der Waals surface area contributed by atoms with Crippen LogP contribution in [0.2, 0.25) is 0 Å². The molecule has 0 aliphatic carbocycles. The average molecular weight is 313 g/mol. The fraction of sp³-hybridized carbons (Fsp3) is 0.188. The number of rotatable bonds is 5. The number of furan rings is 1. The number of hydrogen-bond acceptors (Lipinski definition) is 5. The van der Waals surface area contributed by atoms with Gasteiger partial charge in [-0.25, -0.2) is 0 Å². The first-order valence-electron chi connectivity index (χ1n) is 6.83. The molecule has 1 aromatic carbocycles. The van der Waals surface area contributed by atoms with Gasteiger partial charge in [0, 0.05) is 17.8 Å². The van der Waals surface area contributed by atoms with Crippen LogP contribution in [0.5, 0.6) is 0 Å². The highest BCUT2D eigenvalue weighted by molar-refractivity contribution is 8.00. The smallest absolute Gasteiger partial charge is 0.233 e. The third-order valence-corrected chi connectivity index (χ3v) is 4.23. The van der Waals surface area contributed by atoms with E-state index in [1.165, 1.54) is 11.8 Å². The Morgan fingerprint density at radius 1 is 1.27 bits per heavy atom. The Morgan fingerprint density at radius 3 is 2.95 bits per heavy atom. The lowest BCUT2D eigenvalue weighted by Gasteiger charge is -2.15. The van der Waals surface area contributed by atoms with Crippen molar-refractivity contribution in [2.24, 2.45) is 0 Å². The van der Waals surface area contributed by atoms with E-state index in [1.807, 2.05) is 36.4 Å². The molecule has 2 heterocycles. The van der Waals surface area contributed by atoms with Gasteiger partial charge in [0.25, 0.3) is 0 Å². The van der Waals surface area contributed by atoms with Gasteiger partial charge in [0.15, 0.2) is 0 Å². The van der Waals surface area contributed by atoms with Crippen molar-refractivity contribution in [1.82, 2.24) is 15.1 Å². The maximum atomic E-state index is 12.2. The van der Waals surface area contributed by atoms with Gasteiger partial charge in [0.05, 0.1) is 24.8 Å². The summed E-state index contributed by atoms with van der Waals surface area (Å²) in [6.07, 6.45) is 3.33. The van der Waals surface area contributed by atoms with E-state index in [4.69, 9.17) is 4.42 Å². The van der Waals surface area contributed by atoms with Gasteiger partial charge in [-0.2, -0.15) is 5.10 Å². The Balaban J connectivity index is 1.65. The minimum Gasteiger partial charge on any atom is -0.467 e. The van der Waals surface area contributed by atoms with Crippen molar-refractivity contribution in [1.29, 1.82) is 0 Å². The number of aromatic nitrogens is 2. The van der Waals surface area contributed by atoms with Gasteiger partial charge >= 0.3 is 0 Å². The lowest BCUT2D eigenvalue weighted by molar-refractivity contribution is -0.127. The van der Waals surface area contributed by atoms with Crippen molar-refractivity contribution >= 4 is 28.4 Å². The summed E-state index contributed by atoms with van der Waals surface area (Å²) in [6.45, 7) is 0.466. The van der Waals surface area contributed by atoms with Crippen LogP contribution >= 0.6 is 11.8 Å². The number of amides is 1. The third kappa shape index (κ3) is 3.28. The van der Waals surface area contributed by atoms with Crippen molar-refractivity contribution in [2.75, 3.05) is 12.8 Å². The molecule has 5 nitrogen and oxygen atoms in total. The van der Waals surface area contributed by atoms with E-state index in [2.05, 4.69) is 10.2 Å². The molecule has 3 aromatic rings. The summed E-state index contributed by atoms with van der Waals surface area (Å²) in [6, 6.07) is 11.6. The van der Waals surface area contributed by atoms with E-state index in [1.54, 1.807) is 24.4 Å². The van der Waals surface area contributed by atoms with Gasteiger partial charge in [-0.3, -0.25) is 4.79 Å². The SMILES string of the molecule is CN(Cc1ccco1)C(=O)CSc1nncc2ccccc12. The van der Waals surface area contributed by atoms with Crippen LogP contribution in [0.4, 0.5) is 0 Å². The molecule has 112 valence electrons. The van der Waals surface area contributed by atoms with Crippen molar-refractivity contribution in [3.05, 3.63) is 54.6 Å². The summed E-state index contributed by atoms with van der Waals surface area (Å²) in [4.78, 5) is 13.8. The molecule has 0 aliphatic heterocycles. The fourth-order valence-corrected chi connectivity index (χ4v) is 3.00. The number of carbonyl (C=O) groups excluding carboxylic acids is 1. The van der Waals surface area contributed by atoms with E-state index < -0.39 is 0 Å². The van der Waals surface area contributed by atoms with Gasteiger partial charge in [0.2, 0.25) is 5.91 Å². The Bertz CT molecular complexity index is 769. The number of benzene rings is 1. The molecule has 1 amide bonds. The van der Waals surface area contributed by atoms with Crippen LogP contribution in [0.1, 0.15) is 5.76 Å². The predicted octanol–water partition coefficient (Wildman–Crippen LogP) is 2.97. The highest BCUT2D eigenvalue weighted by atomic mass is 32.2. The zero-order valence-electron chi connectivity index (χ0n) is 12.1. The summed E-state index contributed by atoms with van der Waals surface area (Å²) in [5, 5.41) is 10.9. The Labute approximate surface area is 132 Å². The fourth-order valence-electron chi connectivity index (χ4n) is 2.07. The first-order valence-corrected chi connectivity index (χ1v) is 7.82. The molecule has 2 aromatic heterocycles. The lowest BCUT2D eigenvalue weighted by Crippen LogP contribution is -2.27. The van der Waals surface area contributed by atoms with Crippen molar-refractivity contribution in [2.45, 2.75) is 11.6 Å². The van der Waals surface area contributed by atoms with E-state index in [9.17, 15) is 4.79 Å². The van der Waals surface area contributed by atoms with Crippen LogP contribution in [0.25, 0.3) is 10.8 Å². The quantitative estimate of drug-likeness (QED) is 0.678. The standard InChI is InChI=1S/C16H15N3O2S/c1-19(10-13-6-4-8-21-13)15(20)11-22-16-14-7-3-2-5-12(14)9-17-18-16/h2-9H,10-11H2,1H3. The van der Waals surface area contributed by atoms with Crippen LogP contribution in [-0.2, 0) is 11.3 Å². The molecule has 0 radical (unpaired) electrons. The van der Waals surface area contributed by atoms with Gasteiger partial charge in [-0.15, -0.1) is 5.10 Å². The number of thioether (sulfide) groups is 1. The maximum Gasteiger partial charge on any atom is 0.233 e. The normalized spacial score (nSPS) is 10.8. The molecular formula is C16H15N3O2S. The number of hydrogen-bond donors (Lipinski definition) is 0. The average Bonchev–Trinajstić information content (AvgIpc) is 3.05. The largest absolute Gasteiger partial charge is 0.467 e. The second-order valence-corrected chi connectivity index (χ2v) is 5.82. The first kappa shape index (κ1) is 14.6. The van der Waals surface area contributed by atoms with Gasteiger partial charge in [-0.1, -0.05) is 36.0 Å². The molecule has 0 fully saturated rings. The summed E-state index contributed by atoms with van der Waals surface area (Å²) < 4.78 is 5.25. The highest BCUT2D eigenvalue weighted by Crippen LogP contribution is 2.24. The van der Waals surface area contributed by atoms with E-state index in [-0.39, 0.29) is 5.91 Å². The topological polar surface area (TPSA) is 59.2 Å². The highest BCUT2D eigenvalue weighted by Gasteiger charge is 2.13. The minimum absolute atomic E-state index is 0.0242. The molecule has 0 spiro atoms. The number of nitrogens with zero attached hydrogens (tertiary/aromatic N) is 3. The van der Waals surface area contributed by atoms with Crippen molar-refractivity contribution in [3.8, 4) is 0 Å². The van der Waals surface area contributed by atoms with E-state index in [0.29, 0.717) is 12.3 Å². The Morgan fingerprint density at radius 2 is 2.14 bits per heavy atom. The Hall–Kier alpha value is -2.34. The molecule has 0 unspecified atom stereocenters. The Kier molecular flexibility index (Phi) is 4.39.